The van der Waals surface area contributed by atoms with E-state index in [9.17, 15) is 0 Å². The van der Waals surface area contributed by atoms with Crippen molar-refractivity contribution in [3.63, 3.8) is 0 Å². The predicted molar refractivity (Wildman–Crippen MR) is 64.5 cm³/mol. The van der Waals surface area contributed by atoms with E-state index < -0.39 is 0 Å². The van der Waals surface area contributed by atoms with Gasteiger partial charge in [-0.2, -0.15) is 0 Å². The molecule has 2 aromatic heterocycles. The van der Waals surface area contributed by atoms with Crippen molar-refractivity contribution in [1.29, 1.82) is 0 Å². The molecule has 0 saturated carbocycles. The second kappa shape index (κ2) is 5.01. The standard InChI is InChI=1S/C9H11BrN4OS/c1-3-5(10)8-12-13-9(15-8)7-6(4-2)11-14-16-7/h5H,3-4H2,1-2H3. The van der Waals surface area contributed by atoms with Crippen LogP contribution in [0, 0.1) is 0 Å². The number of hydrogen-bond acceptors (Lipinski definition) is 6. The Bertz CT molecular complexity index is 470. The van der Waals surface area contributed by atoms with Crippen LogP contribution >= 0.6 is 27.5 Å². The molecule has 0 aliphatic rings. The Morgan fingerprint density at radius 2 is 2.12 bits per heavy atom. The molecule has 0 spiro atoms. The highest BCUT2D eigenvalue weighted by molar-refractivity contribution is 9.09. The molecular formula is C9H11BrN4OS. The van der Waals surface area contributed by atoms with Gasteiger partial charge in [-0.1, -0.05) is 34.3 Å². The number of alkyl halides is 1. The summed E-state index contributed by atoms with van der Waals surface area (Å²) in [6.45, 7) is 4.08. The maximum atomic E-state index is 5.58. The minimum atomic E-state index is 0.111. The van der Waals surface area contributed by atoms with Crippen LogP contribution in [-0.4, -0.2) is 19.8 Å². The smallest absolute Gasteiger partial charge is 0.261 e. The molecule has 2 rings (SSSR count). The molecule has 0 aliphatic carbocycles. The summed E-state index contributed by atoms with van der Waals surface area (Å²) in [6.07, 6.45) is 1.72. The fourth-order valence-corrected chi connectivity index (χ4v) is 2.09. The van der Waals surface area contributed by atoms with Gasteiger partial charge in [-0.15, -0.1) is 15.3 Å². The quantitative estimate of drug-likeness (QED) is 0.812. The number of aromatic nitrogens is 4. The number of halogens is 1. The van der Waals surface area contributed by atoms with Crippen molar-refractivity contribution in [3.05, 3.63) is 11.6 Å². The summed E-state index contributed by atoms with van der Waals surface area (Å²) in [5, 5.41) is 12.0. The molecule has 0 fully saturated rings. The van der Waals surface area contributed by atoms with Crippen LogP contribution in [0.5, 0.6) is 0 Å². The average Bonchev–Trinajstić information content (AvgIpc) is 2.95. The van der Waals surface area contributed by atoms with Gasteiger partial charge in [0.05, 0.1) is 10.5 Å². The van der Waals surface area contributed by atoms with Crippen LogP contribution < -0.4 is 0 Å². The van der Waals surface area contributed by atoms with Crippen LogP contribution in [0.2, 0.25) is 0 Å². The second-order valence-corrected chi connectivity index (χ2v) is 5.08. The van der Waals surface area contributed by atoms with E-state index in [1.165, 1.54) is 11.5 Å². The third-order valence-electron chi connectivity index (χ3n) is 2.15. The van der Waals surface area contributed by atoms with E-state index in [4.69, 9.17) is 4.42 Å². The Morgan fingerprint density at radius 1 is 1.31 bits per heavy atom. The molecule has 0 aliphatic heterocycles. The molecular weight excluding hydrogens is 292 g/mol. The lowest BCUT2D eigenvalue weighted by atomic mass is 10.3. The summed E-state index contributed by atoms with van der Waals surface area (Å²) in [7, 11) is 0. The second-order valence-electron chi connectivity index (χ2n) is 3.22. The van der Waals surface area contributed by atoms with Gasteiger partial charge in [0.1, 0.15) is 4.88 Å². The Kier molecular flexibility index (Phi) is 3.65. The molecule has 86 valence electrons. The van der Waals surface area contributed by atoms with Gasteiger partial charge in [-0.25, -0.2) is 0 Å². The molecule has 0 amide bonds. The highest BCUT2D eigenvalue weighted by atomic mass is 79.9. The Balaban J connectivity index is 2.31. The average molecular weight is 303 g/mol. The fraction of sp³-hybridized carbons (Fsp3) is 0.556. The zero-order valence-electron chi connectivity index (χ0n) is 8.97. The first-order valence-corrected chi connectivity index (χ1v) is 6.74. The van der Waals surface area contributed by atoms with Crippen molar-refractivity contribution in [2.45, 2.75) is 31.5 Å². The Hall–Kier alpha value is -0.820. The van der Waals surface area contributed by atoms with Crippen molar-refractivity contribution in [3.8, 4) is 10.8 Å². The van der Waals surface area contributed by atoms with Crippen LogP contribution in [0.25, 0.3) is 10.8 Å². The molecule has 0 N–H and O–H groups in total. The summed E-state index contributed by atoms with van der Waals surface area (Å²) in [5.74, 6) is 1.12. The largest absolute Gasteiger partial charge is 0.419 e. The zero-order chi connectivity index (χ0) is 11.5. The first kappa shape index (κ1) is 11.7. The van der Waals surface area contributed by atoms with Gasteiger partial charge >= 0.3 is 0 Å². The van der Waals surface area contributed by atoms with Crippen LogP contribution in [0.4, 0.5) is 0 Å². The maximum absolute atomic E-state index is 5.58. The predicted octanol–water partition coefficient (Wildman–Crippen LogP) is 3.00. The van der Waals surface area contributed by atoms with Crippen molar-refractivity contribution in [2.24, 2.45) is 0 Å². The summed E-state index contributed by atoms with van der Waals surface area (Å²) < 4.78 is 9.48. The molecule has 1 atom stereocenters. The number of nitrogens with zero attached hydrogens (tertiary/aromatic N) is 4. The van der Waals surface area contributed by atoms with E-state index in [0.29, 0.717) is 11.8 Å². The van der Waals surface area contributed by atoms with Gasteiger partial charge in [-0.05, 0) is 24.4 Å². The van der Waals surface area contributed by atoms with Crippen LogP contribution in [-0.2, 0) is 6.42 Å². The molecule has 16 heavy (non-hydrogen) atoms. The summed E-state index contributed by atoms with van der Waals surface area (Å²) in [5.41, 5.74) is 0.905. The zero-order valence-corrected chi connectivity index (χ0v) is 11.4. The van der Waals surface area contributed by atoms with Crippen molar-refractivity contribution < 1.29 is 4.42 Å². The van der Waals surface area contributed by atoms with Crippen molar-refractivity contribution in [1.82, 2.24) is 19.8 Å². The third kappa shape index (κ3) is 2.15. The van der Waals surface area contributed by atoms with Gasteiger partial charge in [0.15, 0.2) is 0 Å². The minimum absolute atomic E-state index is 0.111. The van der Waals surface area contributed by atoms with Crippen LogP contribution in [0.1, 0.15) is 36.7 Å². The molecule has 2 aromatic rings. The number of hydrogen-bond donors (Lipinski definition) is 0. The topological polar surface area (TPSA) is 64.7 Å². The van der Waals surface area contributed by atoms with E-state index in [1.54, 1.807) is 0 Å². The highest BCUT2D eigenvalue weighted by Gasteiger charge is 2.18. The molecule has 7 heteroatoms. The SMILES string of the molecule is CCc1nnsc1-c1nnc(C(Br)CC)o1. The van der Waals surface area contributed by atoms with E-state index in [2.05, 4.69) is 42.6 Å². The summed E-state index contributed by atoms with van der Waals surface area (Å²) in [4.78, 5) is 0.983. The first-order chi connectivity index (χ1) is 7.76. The van der Waals surface area contributed by atoms with Gasteiger partial charge in [0.2, 0.25) is 5.89 Å². The van der Waals surface area contributed by atoms with Gasteiger partial charge < -0.3 is 4.42 Å². The lowest BCUT2D eigenvalue weighted by Crippen LogP contribution is -1.86. The van der Waals surface area contributed by atoms with Crippen LogP contribution in [0.15, 0.2) is 4.42 Å². The van der Waals surface area contributed by atoms with E-state index in [1.807, 2.05) is 6.92 Å². The molecule has 0 radical (unpaired) electrons. The van der Waals surface area contributed by atoms with Crippen molar-refractivity contribution >= 4 is 27.5 Å². The van der Waals surface area contributed by atoms with Gasteiger partial charge in [0.25, 0.3) is 5.89 Å². The van der Waals surface area contributed by atoms with E-state index in [0.717, 1.165) is 23.4 Å². The van der Waals surface area contributed by atoms with Gasteiger partial charge in [0, 0.05) is 0 Å². The minimum Gasteiger partial charge on any atom is -0.419 e. The highest BCUT2D eigenvalue weighted by Crippen LogP contribution is 2.30. The summed E-state index contributed by atoms with van der Waals surface area (Å²) in [6, 6.07) is 0. The van der Waals surface area contributed by atoms with E-state index >= 15 is 0 Å². The molecule has 1 unspecified atom stereocenters. The lowest BCUT2D eigenvalue weighted by Gasteiger charge is -1.97. The molecule has 5 nitrogen and oxygen atoms in total. The molecule has 0 aromatic carbocycles. The first-order valence-electron chi connectivity index (χ1n) is 5.05. The van der Waals surface area contributed by atoms with Crippen molar-refractivity contribution in [2.75, 3.05) is 0 Å². The Morgan fingerprint density at radius 3 is 2.81 bits per heavy atom. The number of aryl methyl sites for hydroxylation is 1. The monoisotopic (exact) mass is 302 g/mol. The maximum Gasteiger partial charge on any atom is 0.261 e. The van der Waals surface area contributed by atoms with Crippen LogP contribution in [0.3, 0.4) is 0 Å². The lowest BCUT2D eigenvalue weighted by molar-refractivity contribution is 0.501. The third-order valence-corrected chi connectivity index (χ3v) is 3.95. The molecule has 2 heterocycles. The molecule has 0 saturated heterocycles. The summed E-state index contributed by atoms with van der Waals surface area (Å²) >= 11 is 4.76. The fourth-order valence-electron chi connectivity index (χ4n) is 1.23. The van der Waals surface area contributed by atoms with E-state index in [-0.39, 0.29) is 4.83 Å². The molecule has 0 bridgehead atoms. The van der Waals surface area contributed by atoms with Gasteiger partial charge in [-0.3, -0.25) is 0 Å². The number of rotatable bonds is 4. The normalized spacial score (nSPS) is 12.9. The Labute approximate surface area is 106 Å².